The molecule has 174 valence electrons. The zero-order valence-corrected chi connectivity index (χ0v) is 20.0. The summed E-state index contributed by atoms with van der Waals surface area (Å²) in [6, 6.07) is 17.7. The molecule has 1 aliphatic rings. The van der Waals surface area contributed by atoms with Crippen molar-refractivity contribution in [3.8, 4) is 0 Å². The zero-order chi connectivity index (χ0) is 23.7. The Labute approximate surface area is 201 Å². The maximum atomic E-state index is 12.8. The molecule has 1 amide bonds. The van der Waals surface area contributed by atoms with Crippen molar-refractivity contribution >= 4 is 34.5 Å². The van der Waals surface area contributed by atoms with Crippen molar-refractivity contribution in [1.82, 2.24) is 25.2 Å². The normalized spacial score (nSPS) is 14.1. The maximum Gasteiger partial charge on any atom is 0.408 e. The van der Waals surface area contributed by atoms with Gasteiger partial charge in [-0.2, -0.15) is 0 Å². The number of hydrogen-bond donors (Lipinski definition) is 3. The number of nitrogens with zero attached hydrogens (tertiary/aromatic N) is 3. The largest absolute Gasteiger partial charge is 0.444 e. The summed E-state index contributed by atoms with van der Waals surface area (Å²) < 4.78 is 7.39. The zero-order valence-electron chi connectivity index (χ0n) is 19.2. The summed E-state index contributed by atoms with van der Waals surface area (Å²) in [5.41, 5.74) is 6.89. The molecule has 0 aliphatic carbocycles. The van der Waals surface area contributed by atoms with Crippen LogP contribution in [-0.2, 0) is 11.2 Å². The topological polar surface area (TPSA) is 96.9 Å². The number of carbonyl (C=O) groups excluding carboxylic acids is 1. The van der Waals surface area contributed by atoms with Crippen LogP contribution < -0.4 is 10.7 Å². The minimum atomic E-state index is -0.614. The van der Waals surface area contributed by atoms with Gasteiger partial charge in [-0.1, -0.05) is 60.3 Å². The fourth-order valence-corrected chi connectivity index (χ4v) is 4.62. The highest BCUT2D eigenvalue weighted by atomic mass is 32.2. The van der Waals surface area contributed by atoms with Crippen LogP contribution in [0.1, 0.15) is 43.8 Å². The van der Waals surface area contributed by atoms with E-state index in [0.29, 0.717) is 17.4 Å². The molecule has 3 heterocycles. The summed E-state index contributed by atoms with van der Waals surface area (Å²) in [6.07, 6.45) is 1.98. The number of carbonyl (C=O) groups is 1. The Bertz CT molecular complexity index is 1350. The van der Waals surface area contributed by atoms with Crippen LogP contribution >= 0.6 is 11.8 Å². The Kier molecular flexibility index (Phi) is 5.79. The van der Waals surface area contributed by atoms with E-state index in [0.717, 1.165) is 27.7 Å². The van der Waals surface area contributed by atoms with Crippen molar-refractivity contribution in [2.75, 3.05) is 5.43 Å². The lowest BCUT2D eigenvalue weighted by atomic mass is 10.0. The molecule has 0 saturated heterocycles. The second-order valence-electron chi connectivity index (χ2n) is 9.07. The smallest absolute Gasteiger partial charge is 0.408 e. The van der Waals surface area contributed by atoms with Crippen LogP contribution in [0.3, 0.4) is 0 Å². The van der Waals surface area contributed by atoms with E-state index in [4.69, 9.17) is 4.74 Å². The number of H-pyrrole nitrogens is 1. The van der Waals surface area contributed by atoms with Gasteiger partial charge in [0.25, 0.3) is 0 Å². The van der Waals surface area contributed by atoms with Gasteiger partial charge in [-0.05, 0) is 38.0 Å². The average molecular weight is 475 g/mol. The number of nitrogens with one attached hydrogen (secondary N) is 3. The molecule has 8 nitrogen and oxygen atoms in total. The summed E-state index contributed by atoms with van der Waals surface area (Å²) in [7, 11) is 0. The number of aromatic nitrogens is 4. The van der Waals surface area contributed by atoms with E-state index in [-0.39, 0.29) is 0 Å². The third kappa shape index (κ3) is 4.65. The SMILES string of the molecule is CC(C)(C)OC(=O)N[C@@H](Cc1c[nH]c2ccccc12)c1nnc2n1NC(c1ccccc1)=CS2. The maximum absolute atomic E-state index is 12.8. The van der Waals surface area contributed by atoms with Gasteiger partial charge in [0.2, 0.25) is 5.16 Å². The highest BCUT2D eigenvalue weighted by molar-refractivity contribution is 8.02. The summed E-state index contributed by atoms with van der Waals surface area (Å²) in [6.45, 7) is 5.53. The van der Waals surface area contributed by atoms with Crippen LogP contribution in [0.4, 0.5) is 4.79 Å². The van der Waals surface area contributed by atoms with E-state index in [2.05, 4.69) is 32.0 Å². The van der Waals surface area contributed by atoms with Gasteiger partial charge in [0.05, 0.1) is 11.7 Å². The van der Waals surface area contributed by atoms with E-state index in [1.54, 1.807) is 0 Å². The molecule has 1 aliphatic heterocycles. The molecule has 9 heteroatoms. The number of fused-ring (bicyclic) bond motifs is 2. The summed E-state index contributed by atoms with van der Waals surface area (Å²) in [5, 5.41) is 15.6. The molecule has 5 rings (SSSR count). The number of alkyl carbamates (subject to hydrolysis) is 1. The molecular formula is C25H26N6O2S. The van der Waals surface area contributed by atoms with Gasteiger partial charge in [0.15, 0.2) is 5.82 Å². The van der Waals surface area contributed by atoms with E-state index >= 15 is 0 Å². The van der Waals surface area contributed by atoms with Gasteiger partial charge in [-0.25, -0.2) is 9.47 Å². The van der Waals surface area contributed by atoms with Gasteiger partial charge in [0.1, 0.15) is 5.60 Å². The molecule has 0 unspecified atom stereocenters. The second-order valence-corrected chi connectivity index (χ2v) is 9.90. The van der Waals surface area contributed by atoms with E-state index in [1.807, 2.05) is 85.6 Å². The van der Waals surface area contributed by atoms with Crippen LogP contribution in [0, 0.1) is 0 Å². The minimum Gasteiger partial charge on any atom is -0.444 e. The Morgan fingerprint density at radius 2 is 1.88 bits per heavy atom. The Morgan fingerprint density at radius 3 is 2.68 bits per heavy atom. The van der Waals surface area contributed by atoms with Crippen LogP contribution in [-0.4, -0.2) is 31.6 Å². The Balaban J connectivity index is 1.48. The molecule has 2 aromatic heterocycles. The molecule has 0 bridgehead atoms. The van der Waals surface area contributed by atoms with Crippen molar-refractivity contribution < 1.29 is 9.53 Å². The number of amides is 1. The number of para-hydroxylation sites is 1. The molecule has 0 fully saturated rings. The van der Waals surface area contributed by atoms with Crippen LogP contribution in [0.25, 0.3) is 16.6 Å². The molecule has 1 atom stereocenters. The van der Waals surface area contributed by atoms with Gasteiger partial charge < -0.3 is 15.0 Å². The summed E-state index contributed by atoms with van der Waals surface area (Å²) >= 11 is 1.48. The number of hydrogen-bond acceptors (Lipinski definition) is 6. The molecular weight excluding hydrogens is 448 g/mol. The molecule has 0 saturated carbocycles. The van der Waals surface area contributed by atoms with Gasteiger partial charge in [-0.3, -0.25) is 5.43 Å². The number of ether oxygens (including phenoxy) is 1. The predicted molar refractivity (Wildman–Crippen MR) is 134 cm³/mol. The van der Waals surface area contributed by atoms with Crippen LogP contribution in [0.5, 0.6) is 0 Å². The van der Waals surface area contributed by atoms with Crippen molar-refractivity contribution in [2.45, 2.75) is 44.0 Å². The van der Waals surface area contributed by atoms with Crippen molar-refractivity contribution in [1.29, 1.82) is 0 Å². The first-order valence-electron chi connectivity index (χ1n) is 11.1. The van der Waals surface area contributed by atoms with Crippen LogP contribution in [0.2, 0.25) is 0 Å². The van der Waals surface area contributed by atoms with Gasteiger partial charge in [-0.15, -0.1) is 10.2 Å². The first kappa shape index (κ1) is 22.1. The Morgan fingerprint density at radius 1 is 1.12 bits per heavy atom. The van der Waals surface area contributed by atoms with Crippen molar-refractivity contribution in [3.05, 3.63) is 83.2 Å². The average Bonchev–Trinajstić information content (AvgIpc) is 3.42. The lowest BCUT2D eigenvalue weighted by Crippen LogP contribution is -2.37. The number of aromatic amines is 1. The standard InChI is InChI=1S/C25H26N6O2S/c1-25(2,3)33-24(32)27-20(13-17-14-26-19-12-8-7-11-18(17)19)22-28-29-23-31(22)30-21(15-34-23)16-9-5-4-6-10-16/h4-12,14-15,20,26,30H,13H2,1-3H3,(H,27,32)/t20-/m0/s1. The molecule has 2 aromatic carbocycles. The van der Waals surface area contributed by atoms with Gasteiger partial charge in [0, 0.05) is 28.9 Å². The number of thioether (sulfide) groups is 1. The van der Waals surface area contributed by atoms with E-state index in [1.165, 1.54) is 11.8 Å². The molecule has 3 N–H and O–H groups in total. The predicted octanol–water partition coefficient (Wildman–Crippen LogP) is 5.22. The minimum absolute atomic E-state index is 0.474. The third-order valence-electron chi connectivity index (χ3n) is 5.36. The highest BCUT2D eigenvalue weighted by Crippen LogP contribution is 2.31. The second kappa shape index (κ2) is 8.90. The van der Waals surface area contributed by atoms with Crippen molar-refractivity contribution in [2.24, 2.45) is 0 Å². The lowest BCUT2D eigenvalue weighted by Gasteiger charge is -2.25. The fraction of sp³-hybridized carbons (Fsp3) is 0.240. The van der Waals surface area contributed by atoms with Gasteiger partial charge >= 0.3 is 6.09 Å². The Hall–Kier alpha value is -3.72. The first-order chi connectivity index (χ1) is 16.4. The molecule has 0 spiro atoms. The number of benzene rings is 2. The summed E-state index contributed by atoms with van der Waals surface area (Å²) in [4.78, 5) is 16.1. The monoisotopic (exact) mass is 474 g/mol. The number of rotatable bonds is 5. The quantitative estimate of drug-likeness (QED) is 0.367. The third-order valence-corrected chi connectivity index (χ3v) is 6.19. The molecule has 0 radical (unpaired) electrons. The first-order valence-corrected chi connectivity index (χ1v) is 11.9. The highest BCUT2D eigenvalue weighted by Gasteiger charge is 2.28. The van der Waals surface area contributed by atoms with Crippen molar-refractivity contribution in [3.63, 3.8) is 0 Å². The van der Waals surface area contributed by atoms with Crippen LogP contribution in [0.15, 0.2) is 71.4 Å². The fourth-order valence-electron chi connectivity index (χ4n) is 3.87. The van der Waals surface area contributed by atoms with E-state index < -0.39 is 17.7 Å². The lowest BCUT2D eigenvalue weighted by molar-refractivity contribution is 0.0500. The molecule has 4 aromatic rings. The molecule has 34 heavy (non-hydrogen) atoms. The van der Waals surface area contributed by atoms with E-state index in [9.17, 15) is 4.79 Å². The summed E-state index contributed by atoms with van der Waals surface area (Å²) in [5.74, 6) is 0.597.